The molecule has 8 heteroatoms. The quantitative estimate of drug-likeness (QED) is 0.667. The monoisotopic (exact) mass is 368 g/mol. The van der Waals surface area contributed by atoms with Crippen LogP contribution in [0.5, 0.6) is 0 Å². The smallest absolute Gasteiger partial charge is 0.246 e. The van der Waals surface area contributed by atoms with Gasteiger partial charge in [-0.25, -0.2) is 4.39 Å². The molecule has 0 aliphatic carbocycles. The SMILES string of the molecule is Cc1cccnc1C[C@@H](C)N(C)C(=O)Cn1nnc(-c2ccc(F)cc2)n1. The zero-order valence-corrected chi connectivity index (χ0v) is 15.5. The van der Waals surface area contributed by atoms with Crippen molar-refractivity contribution in [1.82, 2.24) is 30.1 Å². The number of aryl methyl sites for hydroxylation is 1. The van der Waals surface area contributed by atoms with E-state index in [-0.39, 0.29) is 24.3 Å². The molecule has 0 aliphatic heterocycles. The van der Waals surface area contributed by atoms with Gasteiger partial charge in [-0.1, -0.05) is 6.07 Å². The number of tetrazole rings is 1. The summed E-state index contributed by atoms with van der Waals surface area (Å²) >= 11 is 0. The number of rotatable bonds is 6. The first-order valence-electron chi connectivity index (χ1n) is 8.64. The number of carbonyl (C=O) groups is 1. The second-order valence-corrected chi connectivity index (χ2v) is 6.48. The van der Waals surface area contributed by atoms with Gasteiger partial charge in [-0.15, -0.1) is 10.2 Å². The lowest BCUT2D eigenvalue weighted by Crippen LogP contribution is -2.39. The molecular formula is C19H21FN6O. The van der Waals surface area contributed by atoms with Crippen LogP contribution in [0.2, 0.25) is 0 Å². The molecule has 0 saturated heterocycles. The zero-order valence-electron chi connectivity index (χ0n) is 15.5. The van der Waals surface area contributed by atoms with E-state index in [0.29, 0.717) is 17.8 Å². The Balaban J connectivity index is 1.63. The summed E-state index contributed by atoms with van der Waals surface area (Å²) in [6.07, 6.45) is 2.42. The third-order valence-corrected chi connectivity index (χ3v) is 4.49. The molecule has 2 aromatic heterocycles. The van der Waals surface area contributed by atoms with Crippen molar-refractivity contribution in [3.63, 3.8) is 0 Å². The predicted octanol–water partition coefficient (Wildman–Crippen LogP) is 2.27. The fourth-order valence-electron chi connectivity index (χ4n) is 2.65. The van der Waals surface area contributed by atoms with Gasteiger partial charge in [0.25, 0.3) is 0 Å². The van der Waals surface area contributed by atoms with Gasteiger partial charge in [-0.05, 0) is 55.0 Å². The van der Waals surface area contributed by atoms with Crippen molar-refractivity contribution < 1.29 is 9.18 Å². The van der Waals surface area contributed by atoms with E-state index in [1.807, 2.05) is 26.0 Å². The van der Waals surface area contributed by atoms with Crippen LogP contribution in [-0.4, -0.2) is 49.1 Å². The molecule has 3 aromatic rings. The van der Waals surface area contributed by atoms with Gasteiger partial charge in [-0.3, -0.25) is 9.78 Å². The normalized spacial score (nSPS) is 12.0. The van der Waals surface area contributed by atoms with Crippen molar-refractivity contribution in [3.8, 4) is 11.4 Å². The first-order valence-corrected chi connectivity index (χ1v) is 8.64. The number of carbonyl (C=O) groups excluding carboxylic acids is 1. The lowest BCUT2D eigenvalue weighted by atomic mass is 10.1. The van der Waals surface area contributed by atoms with Gasteiger partial charge in [0.05, 0.1) is 0 Å². The summed E-state index contributed by atoms with van der Waals surface area (Å²) in [7, 11) is 1.75. The summed E-state index contributed by atoms with van der Waals surface area (Å²) in [4.78, 5) is 19.8. The Labute approximate surface area is 156 Å². The van der Waals surface area contributed by atoms with E-state index in [4.69, 9.17) is 0 Å². The highest BCUT2D eigenvalue weighted by atomic mass is 19.1. The summed E-state index contributed by atoms with van der Waals surface area (Å²) in [6, 6.07) is 9.68. The van der Waals surface area contributed by atoms with Gasteiger partial charge in [0, 0.05) is 37.0 Å². The van der Waals surface area contributed by atoms with E-state index in [9.17, 15) is 9.18 Å². The highest BCUT2D eigenvalue weighted by molar-refractivity contribution is 5.75. The largest absolute Gasteiger partial charge is 0.341 e. The second kappa shape index (κ2) is 8.03. The van der Waals surface area contributed by atoms with Gasteiger partial charge in [0.2, 0.25) is 11.7 Å². The van der Waals surface area contributed by atoms with Gasteiger partial charge in [-0.2, -0.15) is 4.80 Å². The third kappa shape index (κ3) is 4.52. The topological polar surface area (TPSA) is 76.8 Å². The first kappa shape index (κ1) is 18.6. The van der Waals surface area contributed by atoms with Crippen LogP contribution >= 0.6 is 0 Å². The molecule has 0 radical (unpaired) electrons. The summed E-state index contributed by atoms with van der Waals surface area (Å²) < 4.78 is 13.0. The number of hydrogen-bond donors (Lipinski definition) is 0. The van der Waals surface area contributed by atoms with E-state index in [0.717, 1.165) is 11.3 Å². The molecule has 1 atom stereocenters. The molecule has 1 aromatic carbocycles. The molecule has 27 heavy (non-hydrogen) atoms. The summed E-state index contributed by atoms with van der Waals surface area (Å²) in [6.45, 7) is 3.97. The minimum atomic E-state index is -0.333. The molecule has 3 rings (SSSR count). The molecule has 0 spiro atoms. The van der Waals surface area contributed by atoms with Gasteiger partial charge < -0.3 is 4.90 Å². The Morgan fingerprint density at radius 2 is 2.00 bits per heavy atom. The number of likely N-dealkylation sites (N-methyl/N-ethyl adjacent to an activating group) is 1. The van der Waals surface area contributed by atoms with Gasteiger partial charge >= 0.3 is 0 Å². The molecule has 0 bridgehead atoms. The van der Waals surface area contributed by atoms with Crippen LogP contribution in [0.4, 0.5) is 4.39 Å². The van der Waals surface area contributed by atoms with Crippen LogP contribution in [0.15, 0.2) is 42.6 Å². The van der Waals surface area contributed by atoms with E-state index in [2.05, 4.69) is 20.4 Å². The molecule has 0 saturated carbocycles. The fourth-order valence-corrected chi connectivity index (χ4v) is 2.65. The number of amides is 1. The molecule has 0 aliphatic rings. The van der Waals surface area contributed by atoms with Crippen molar-refractivity contribution in [1.29, 1.82) is 0 Å². The number of benzene rings is 1. The molecule has 0 unspecified atom stereocenters. The third-order valence-electron chi connectivity index (χ3n) is 4.49. The lowest BCUT2D eigenvalue weighted by molar-refractivity contribution is -0.132. The summed E-state index contributed by atoms with van der Waals surface area (Å²) in [5, 5.41) is 12.1. The average Bonchev–Trinajstić information content (AvgIpc) is 3.12. The van der Waals surface area contributed by atoms with Crippen molar-refractivity contribution in [2.24, 2.45) is 0 Å². The molecular weight excluding hydrogens is 347 g/mol. The number of pyridine rings is 1. The molecule has 0 fully saturated rings. The number of halogens is 1. The van der Waals surface area contributed by atoms with E-state index >= 15 is 0 Å². The summed E-state index contributed by atoms with van der Waals surface area (Å²) in [5.41, 5.74) is 2.72. The maximum absolute atomic E-state index is 13.0. The molecule has 140 valence electrons. The summed E-state index contributed by atoms with van der Waals surface area (Å²) in [5.74, 6) is -0.109. The lowest BCUT2D eigenvalue weighted by Gasteiger charge is -2.25. The highest BCUT2D eigenvalue weighted by Crippen LogP contribution is 2.14. The standard InChI is InChI=1S/C19H21FN6O/c1-13-5-4-10-21-17(13)11-14(2)25(3)18(27)12-26-23-19(22-24-26)15-6-8-16(20)9-7-15/h4-10,14H,11-12H2,1-3H3/t14-/m1/s1. The van der Waals surface area contributed by atoms with Gasteiger partial charge in [0.15, 0.2) is 0 Å². The number of aromatic nitrogens is 5. The molecule has 7 nitrogen and oxygen atoms in total. The van der Waals surface area contributed by atoms with Crippen LogP contribution in [0.25, 0.3) is 11.4 Å². The zero-order chi connectivity index (χ0) is 19.4. The Hall–Kier alpha value is -3.16. The Bertz CT molecular complexity index is 924. The van der Waals surface area contributed by atoms with Crippen LogP contribution in [0, 0.1) is 12.7 Å². The molecule has 0 N–H and O–H groups in total. The van der Waals surface area contributed by atoms with E-state index in [1.54, 1.807) is 30.3 Å². The van der Waals surface area contributed by atoms with Crippen LogP contribution < -0.4 is 0 Å². The van der Waals surface area contributed by atoms with Crippen molar-refractivity contribution in [2.45, 2.75) is 32.9 Å². The van der Waals surface area contributed by atoms with Crippen LogP contribution in [0.1, 0.15) is 18.2 Å². The predicted molar refractivity (Wildman–Crippen MR) is 98.1 cm³/mol. The molecule has 2 heterocycles. The minimum Gasteiger partial charge on any atom is -0.341 e. The molecule has 1 amide bonds. The number of hydrogen-bond acceptors (Lipinski definition) is 5. The van der Waals surface area contributed by atoms with Crippen molar-refractivity contribution in [3.05, 3.63) is 59.7 Å². The Kier molecular flexibility index (Phi) is 5.54. The minimum absolute atomic E-state index is 0.0176. The Morgan fingerprint density at radius 1 is 1.26 bits per heavy atom. The van der Waals surface area contributed by atoms with Crippen LogP contribution in [0.3, 0.4) is 0 Å². The van der Waals surface area contributed by atoms with Crippen molar-refractivity contribution >= 4 is 5.91 Å². The highest BCUT2D eigenvalue weighted by Gasteiger charge is 2.19. The van der Waals surface area contributed by atoms with Gasteiger partial charge in [0.1, 0.15) is 12.4 Å². The van der Waals surface area contributed by atoms with Crippen LogP contribution in [-0.2, 0) is 17.8 Å². The van der Waals surface area contributed by atoms with E-state index in [1.165, 1.54) is 16.9 Å². The maximum atomic E-state index is 13.0. The maximum Gasteiger partial charge on any atom is 0.246 e. The van der Waals surface area contributed by atoms with E-state index < -0.39 is 0 Å². The average molecular weight is 368 g/mol. The fraction of sp³-hybridized carbons (Fsp3) is 0.316. The first-order chi connectivity index (χ1) is 12.9. The second-order valence-electron chi connectivity index (χ2n) is 6.48. The Morgan fingerprint density at radius 3 is 2.70 bits per heavy atom. The number of nitrogens with zero attached hydrogens (tertiary/aromatic N) is 6. The van der Waals surface area contributed by atoms with Crippen molar-refractivity contribution in [2.75, 3.05) is 7.05 Å².